The summed E-state index contributed by atoms with van der Waals surface area (Å²) in [4.78, 5) is 30.8. The van der Waals surface area contributed by atoms with E-state index < -0.39 is 0 Å². The molecule has 3 rings (SSSR count). The molecule has 0 aliphatic rings. The molecule has 1 N–H and O–H groups in total. The second kappa shape index (κ2) is 12.6. The van der Waals surface area contributed by atoms with Crippen LogP contribution < -0.4 is 10.1 Å². The van der Waals surface area contributed by atoms with Crippen molar-refractivity contribution in [2.45, 2.75) is 33.4 Å². The van der Waals surface area contributed by atoms with Crippen LogP contribution in [0.25, 0.3) is 0 Å². The van der Waals surface area contributed by atoms with Crippen molar-refractivity contribution in [2.75, 3.05) is 25.0 Å². The van der Waals surface area contributed by atoms with Gasteiger partial charge in [-0.25, -0.2) is 4.79 Å². The zero-order chi connectivity index (χ0) is 23.5. The molecule has 174 valence electrons. The number of carbonyl (C=O) groups excluding carboxylic acids is 2. The van der Waals surface area contributed by atoms with Gasteiger partial charge in [0.1, 0.15) is 12.3 Å². The summed E-state index contributed by atoms with van der Waals surface area (Å²) in [5.41, 5.74) is 1.72. The van der Waals surface area contributed by atoms with Gasteiger partial charge in [0.15, 0.2) is 0 Å². The predicted molar refractivity (Wildman–Crippen MR) is 134 cm³/mol. The predicted octanol–water partition coefficient (Wildman–Crippen LogP) is 5.62. The van der Waals surface area contributed by atoms with Crippen molar-refractivity contribution >= 4 is 29.0 Å². The van der Waals surface area contributed by atoms with Gasteiger partial charge in [0.2, 0.25) is 5.91 Å². The molecular weight excluding hydrogens is 434 g/mol. The number of anilines is 1. The first-order valence-electron chi connectivity index (χ1n) is 11.2. The van der Waals surface area contributed by atoms with E-state index in [1.165, 1.54) is 0 Å². The maximum absolute atomic E-state index is 13.3. The highest BCUT2D eigenvalue weighted by molar-refractivity contribution is 7.09. The van der Waals surface area contributed by atoms with Crippen LogP contribution in [0.15, 0.2) is 72.1 Å². The van der Waals surface area contributed by atoms with Crippen molar-refractivity contribution in [3.63, 3.8) is 0 Å². The van der Waals surface area contributed by atoms with Gasteiger partial charge in [0, 0.05) is 23.7 Å². The lowest BCUT2D eigenvalue weighted by molar-refractivity contribution is -0.133. The fraction of sp³-hybridized carbons (Fsp3) is 0.308. The SMILES string of the molecule is CCCN(CC(=O)N(Cc1ccccc1)Cc1cccs1)C(=O)Nc1ccc(OCC)cc1. The van der Waals surface area contributed by atoms with Gasteiger partial charge in [-0.1, -0.05) is 43.3 Å². The van der Waals surface area contributed by atoms with Crippen LogP contribution in [0.1, 0.15) is 30.7 Å². The van der Waals surface area contributed by atoms with Crippen LogP contribution in [0, 0.1) is 0 Å². The molecule has 6 nitrogen and oxygen atoms in total. The fourth-order valence-electron chi connectivity index (χ4n) is 3.42. The highest BCUT2D eigenvalue weighted by atomic mass is 32.1. The molecule has 0 bridgehead atoms. The number of benzene rings is 2. The Balaban J connectivity index is 1.68. The van der Waals surface area contributed by atoms with E-state index in [0.29, 0.717) is 31.9 Å². The Labute approximate surface area is 199 Å². The fourth-order valence-corrected chi connectivity index (χ4v) is 4.14. The minimum Gasteiger partial charge on any atom is -0.494 e. The molecule has 0 aliphatic heterocycles. The topological polar surface area (TPSA) is 61.9 Å². The van der Waals surface area contributed by atoms with Crippen molar-refractivity contribution in [1.82, 2.24) is 9.80 Å². The van der Waals surface area contributed by atoms with Crippen molar-refractivity contribution in [3.05, 3.63) is 82.6 Å². The van der Waals surface area contributed by atoms with Crippen LogP contribution >= 0.6 is 11.3 Å². The molecule has 3 aromatic rings. The Kier molecular flexibility index (Phi) is 9.32. The van der Waals surface area contributed by atoms with Crippen molar-refractivity contribution in [1.29, 1.82) is 0 Å². The Bertz CT molecular complexity index is 991. The molecule has 0 fully saturated rings. The molecule has 0 unspecified atom stereocenters. The van der Waals surface area contributed by atoms with Crippen LogP contribution in [0.4, 0.5) is 10.5 Å². The molecule has 1 heterocycles. The minimum absolute atomic E-state index is 0.0227. The molecule has 1 aromatic heterocycles. The third kappa shape index (κ3) is 7.64. The number of nitrogens with one attached hydrogen (secondary N) is 1. The van der Waals surface area contributed by atoms with Gasteiger partial charge in [-0.3, -0.25) is 4.79 Å². The molecule has 7 heteroatoms. The largest absolute Gasteiger partial charge is 0.494 e. The maximum Gasteiger partial charge on any atom is 0.322 e. The molecule has 0 atom stereocenters. The number of rotatable bonds is 11. The van der Waals surface area contributed by atoms with E-state index in [9.17, 15) is 9.59 Å². The average molecular weight is 466 g/mol. The lowest BCUT2D eigenvalue weighted by Gasteiger charge is -2.27. The van der Waals surface area contributed by atoms with Crippen molar-refractivity contribution in [2.24, 2.45) is 0 Å². The summed E-state index contributed by atoms with van der Waals surface area (Å²) in [6.07, 6.45) is 0.758. The highest BCUT2D eigenvalue weighted by Gasteiger charge is 2.22. The van der Waals surface area contributed by atoms with Gasteiger partial charge in [0.05, 0.1) is 13.2 Å². The summed E-state index contributed by atoms with van der Waals surface area (Å²) in [5.74, 6) is 0.670. The first kappa shape index (κ1) is 24.3. The van der Waals surface area contributed by atoms with Gasteiger partial charge < -0.3 is 19.9 Å². The summed E-state index contributed by atoms with van der Waals surface area (Å²) in [7, 11) is 0. The molecule has 2 aromatic carbocycles. The van der Waals surface area contributed by atoms with Crippen LogP contribution in [0.2, 0.25) is 0 Å². The molecule has 0 aliphatic carbocycles. The van der Waals surface area contributed by atoms with Gasteiger partial charge in [0.25, 0.3) is 0 Å². The zero-order valence-corrected chi connectivity index (χ0v) is 20.0. The number of ether oxygens (including phenoxy) is 1. The van der Waals surface area contributed by atoms with Gasteiger partial charge in [-0.2, -0.15) is 0 Å². The minimum atomic E-state index is -0.287. The monoisotopic (exact) mass is 465 g/mol. The average Bonchev–Trinajstić information content (AvgIpc) is 3.33. The Morgan fingerprint density at radius 1 is 0.909 bits per heavy atom. The van der Waals surface area contributed by atoms with E-state index >= 15 is 0 Å². The number of hydrogen-bond donors (Lipinski definition) is 1. The normalized spacial score (nSPS) is 10.5. The Hall–Kier alpha value is -3.32. The number of carbonyl (C=O) groups is 2. The lowest BCUT2D eigenvalue weighted by atomic mass is 10.2. The van der Waals surface area contributed by atoms with E-state index in [1.807, 2.05) is 78.7 Å². The third-order valence-corrected chi connectivity index (χ3v) is 5.88. The van der Waals surface area contributed by atoms with E-state index in [1.54, 1.807) is 28.4 Å². The summed E-state index contributed by atoms with van der Waals surface area (Å²) in [5, 5.41) is 4.91. The molecular formula is C26H31N3O3S. The van der Waals surface area contributed by atoms with E-state index in [2.05, 4.69) is 5.32 Å². The molecule has 0 radical (unpaired) electrons. The zero-order valence-electron chi connectivity index (χ0n) is 19.2. The molecule has 0 saturated carbocycles. The second-order valence-corrected chi connectivity index (χ2v) is 8.66. The van der Waals surface area contributed by atoms with Crippen LogP contribution in [0.3, 0.4) is 0 Å². The summed E-state index contributed by atoms with van der Waals surface area (Å²) in [6.45, 7) is 6.04. The lowest BCUT2D eigenvalue weighted by Crippen LogP contribution is -2.44. The summed E-state index contributed by atoms with van der Waals surface area (Å²) in [6, 6.07) is 20.9. The maximum atomic E-state index is 13.3. The second-order valence-electron chi connectivity index (χ2n) is 7.62. The van der Waals surface area contributed by atoms with E-state index in [4.69, 9.17) is 4.74 Å². The number of amides is 3. The first-order valence-corrected chi connectivity index (χ1v) is 12.1. The summed E-state index contributed by atoms with van der Waals surface area (Å²) >= 11 is 1.62. The van der Waals surface area contributed by atoms with Crippen molar-refractivity contribution in [3.8, 4) is 5.75 Å². The van der Waals surface area contributed by atoms with Crippen LogP contribution in [-0.2, 0) is 17.9 Å². The van der Waals surface area contributed by atoms with Crippen LogP contribution in [0.5, 0.6) is 5.75 Å². The van der Waals surface area contributed by atoms with Gasteiger partial charge in [-0.15, -0.1) is 11.3 Å². The third-order valence-electron chi connectivity index (χ3n) is 5.02. The highest BCUT2D eigenvalue weighted by Crippen LogP contribution is 2.17. The smallest absolute Gasteiger partial charge is 0.322 e. The first-order chi connectivity index (χ1) is 16.1. The number of hydrogen-bond acceptors (Lipinski definition) is 4. The van der Waals surface area contributed by atoms with E-state index in [0.717, 1.165) is 22.6 Å². The molecule has 33 heavy (non-hydrogen) atoms. The Morgan fingerprint density at radius 3 is 2.30 bits per heavy atom. The number of nitrogens with zero attached hydrogens (tertiary/aromatic N) is 2. The van der Waals surface area contributed by atoms with Gasteiger partial charge >= 0.3 is 6.03 Å². The standard InChI is InChI=1S/C26H31N3O3S/c1-3-16-28(26(31)27-22-12-14-23(15-13-22)32-4-2)20-25(30)29(19-24-11-8-17-33-24)18-21-9-6-5-7-10-21/h5-15,17H,3-4,16,18-20H2,1-2H3,(H,27,31). The number of urea groups is 1. The van der Waals surface area contributed by atoms with Gasteiger partial charge in [-0.05, 0) is 54.6 Å². The quantitative estimate of drug-likeness (QED) is 0.400. The Morgan fingerprint density at radius 2 is 1.67 bits per heavy atom. The summed E-state index contributed by atoms with van der Waals surface area (Å²) < 4.78 is 5.45. The molecule has 0 saturated heterocycles. The van der Waals surface area contributed by atoms with Crippen LogP contribution in [-0.4, -0.2) is 41.4 Å². The molecule has 0 spiro atoms. The number of thiophene rings is 1. The van der Waals surface area contributed by atoms with Crippen molar-refractivity contribution < 1.29 is 14.3 Å². The molecule has 3 amide bonds. The van der Waals surface area contributed by atoms with E-state index in [-0.39, 0.29) is 18.5 Å².